The Morgan fingerprint density at radius 3 is 1.91 bits per heavy atom. The Morgan fingerprint density at radius 1 is 0.909 bits per heavy atom. The Balaban J connectivity index is 1.64. The first-order chi connectivity index (χ1) is 10.6. The van der Waals surface area contributed by atoms with Gasteiger partial charge < -0.3 is 0 Å². The maximum absolute atomic E-state index is 13.1. The predicted molar refractivity (Wildman–Crippen MR) is 83.1 cm³/mol. The molecule has 1 aromatic carbocycles. The third-order valence-electron chi connectivity index (χ3n) is 6.33. The highest BCUT2D eigenvalue weighted by Crippen LogP contribution is 2.65. The summed E-state index contributed by atoms with van der Waals surface area (Å²) in [6.45, 7) is 3.96. The fourth-order valence-corrected chi connectivity index (χ4v) is 5.34. The SMILES string of the molecule is Cc1cccc(C)c1N1C(=O)[C@@H]2[C@@H]3C=C[C@H]([C@@H]4C[C@H]34)[C@H]2C1=O. The largest absolute Gasteiger partial charge is 0.274 e. The molecule has 3 nitrogen and oxygen atoms in total. The molecule has 2 amide bonds. The van der Waals surface area contributed by atoms with E-state index >= 15 is 0 Å². The van der Waals surface area contributed by atoms with E-state index in [0.29, 0.717) is 23.7 Å². The Hall–Kier alpha value is -1.90. The van der Waals surface area contributed by atoms with Crippen molar-refractivity contribution in [1.82, 2.24) is 0 Å². The van der Waals surface area contributed by atoms with Gasteiger partial charge in [-0.2, -0.15) is 0 Å². The zero-order valence-electron chi connectivity index (χ0n) is 12.8. The number of hydrogen-bond acceptors (Lipinski definition) is 2. The van der Waals surface area contributed by atoms with Crippen LogP contribution in [0.25, 0.3) is 0 Å². The first-order valence-corrected chi connectivity index (χ1v) is 8.22. The van der Waals surface area contributed by atoms with Crippen molar-refractivity contribution in [3.63, 3.8) is 0 Å². The molecule has 22 heavy (non-hydrogen) atoms. The number of amides is 2. The molecule has 6 rings (SSSR count). The van der Waals surface area contributed by atoms with Gasteiger partial charge in [-0.3, -0.25) is 9.59 Å². The lowest BCUT2D eigenvalue weighted by atomic mass is 9.63. The summed E-state index contributed by atoms with van der Waals surface area (Å²) in [5.41, 5.74) is 2.83. The summed E-state index contributed by atoms with van der Waals surface area (Å²) < 4.78 is 0. The monoisotopic (exact) mass is 293 g/mol. The van der Waals surface area contributed by atoms with Crippen LogP contribution in [-0.4, -0.2) is 11.8 Å². The molecule has 0 N–H and O–H groups in total. The zero-order chi connectivity index (χ0) is 15.2. The molecule has 2 bridgehead atoms. The Morgan fingerprint density at radius 2 is 1.41 bits per heavy atom. The van der Waals surface area contributed by atoms with E-state index in [0.717, 1.165) is 16.8 Å². The number of rotatable bonds is 1. The van der Waals surface area contributed by atoms with Gasteiger partial charge in [0.25, 0.3) is 0 Å². The van der Waals surface area contributed by atoms with Crippen molar-refractivity contribution in [2.75, 3.05) is 4.90 Å². The van der Waals surface area contributed by atoms with Gasteiger partial charge in [-0.1, -0.05) is 30.4 Å². The molecule has 3 fully saturated rings. The number of carbonyl (C=O) groups excluding carboxylic acids is 2. The summed E-state index contributed by atoms with van der Waals surface area (Å²) in [7, 11) is 0. The van der Waals surface area contributed by atoms with E-state index in [1.165, 1.54) is 11.3 Å². The number of nitrogens with zero attached hydrogens (tertiary/aromatic N) is 1. The summed E-state index contributed by atoms with van der Waals surface area (Å²) >= 11 is 0. The highest BCUT2D eigenvalue weighted by atomic mass is 16.2. The average molecular weight is 293 g/mol. The van der Waals surface area contributed by atoms with Gasteiger partial charge in [0.2, 0.25) is 11.8 Å². The minimum atomic E-state index is -0.106. The molecule has 1 aliphatic heterocycles. The van der Waals surface area contributed by atoms with Crippen LogP contribution in [0.4, 0.5) is 5.69 Å². The van der Waals surface area contributed by atoms with Gasteiger partial charge in [-0.15, -0.1) is 0 Å². The van der Waals surface area contributed by atoms with Gasteiger partial charge in [0.15, 0.2) is 0 Å². The van der Waals surface area contributed by atoms with Crippen molar-refractivity contribution < 1.29 is 9.59 Å². The number of imide groups is 1. The van der Waals surface area contributed by atoms with Crippen LogP contribution < -0.4 is 4.90 Å². The molecule has 5 aliphatic rings. The molecule has 3 heteroatoms. The first kappa shape index (κ1) is 12.6. The molecule has 4 aliphatic carbocycles. The number of para-hydroxylation sites is 1. The molecule has 0 aromatic heterocycles. The van der Waals surface area contributed by atoms with E-state index in [4.69, 9.17) is 0 Å². The number of carbonyl (C=O) groups is 2. The van der Waals surface area contributed by atoms with E-state index < -0.39 is 0 Å². The second-order valence-corrected chi connectivity index (χ2v) is 7.41. The summed E-state index contributed by atoms with van der Waals surface area (Å²) in [6.07, 6.45) is 5.65. The van der Waals surface area contributed by atoms with Gasteiger partial charge in [0.05, 0.1) is 17.5 Å². The van der Waals surface area contributed by atoms with Crippen LogP contribution >= 0.6 is 0 Å². The molecule has 1 aromatic rings. The molecule has 2 saturated carbocycles. The van der Waals surface area contributed by atoms with E-state index in [1.807, 2.05) is 32.0 Å². The molecule has 112 valence electrons. The lowest BCUT2D eigenvalue weighted by Gasteiger charge is -2.37. The summed E-state index contributed by atoms with van der Waals surface area (Å²) in [5, 5.41) is 0. The minimum absolute atomic E-state index is 0.0390. The molecule has 0 unspecified atom stereocenters. The van der Waals surface area contributed by atoms with Crippen LogP contribution in [0.3, 0.4) is 0 Å². The van der Waals surface area contributed by atoms with E-state index in [1.54, 1.807) is 0 Å². The number of aryl methyl sites for hydroxylation is 2. The summed E-state index contributed by atoms with van der Waals surface area (Å²) in [6, 6.07) is 5.94. The molecule has 0 radical (unpaired) electrons. The standard InChI is InChI=1S/C19H19NO2/c1-9-4-3-5-10(2)17(9)20-18(21)15-11-6-7-12(14-8-13(11)14)16(15)19(20)22/h3-7,11-16H,8H2,1-2H3/t11-,12-,13-,14+,15-,16-/m1/s1. The fourth-order valence-electron chi connectivity index (χ4n) is 5.34. The second-order valence-electron chi connectivity index (χ2n) is 7.41. The smallest absolute Gasteiger partial charge is 0.238 e. The summed E-state index contributed by atoms with van der Waals surface area (Å²) in [4.78, 5) is 27.7. The lowest BCUT2D eigenvalue weighted by molar-refractivity contribution is -0.124. The van der Waals surface area contributed by atoms with Gasteiger partial charge >= 0.3 is 0 Å². The van der Waals surface area contributed by atoms with E-state index in [-0.39, 0.29) is 23.7 Å². The van der Waals surface area contributed by atoms with Crippen LogP contribution in [0.1, 0.15) is 17.5 Å². The fraction of sp³-hybridized carbons (Fsp3) is 0.474. The van der Waals surface area contributed by atoms with Gasteiger partial charge in [0.1, 0.15) is 0 Å². The molecule has 6 atom stereocenters. The Bertz CT molecular complexity index is 694. The topological polar surface area (TPSA) is 37.4 Å². The quantitative estimate of drug-likeness (QED) is 0.590. The van der Waals surface area contributed by atoms with Crippen molar-refractivity contribution in [2.24, 2.45) is 35.5 Å². The van der Waals surface area contributed by atoms with Gasteiger partial charge in [-0.05, 0) is 55.1 Å². The Kier molecular flexibility index (Phi) is 2.23. The maximum atomic E-state index is 13.1. The van der Waals surface area contributed by atoms with Crippen LogP contribution in [0, 0.1) is 49.4 Å². The number of allylic oxidation sites excluding steroid dienone is 2. The van der Waals surface area contributed by atoms with Crippen molar-refractivity contribution in [3.05, 3.63) is 41.5 Å². The van der Waals surface area contributed by atoms with Crippen LogP contribution in [0.5, 0.6) is 0 Å². The van der Waals surface area contributed by atoms with Crippen LogP contribution in [-0.2, 0) is 9.59 Å². The molecule has 1 heterocycles. The zero-order valence-corrected chi connectivity index (χ0v) is 12.8. The third-order valence-corrected chi connectivity index (χ3v) is 6.33. The van der Waals surface area contributed by atoms with E-state index in [9.17, 15) is 9.59 Å². The maximum Gasteiger partial charge on any atom is 0.238 e. The summed E-state index contributed by atoms with van der Waals surface area (Å²) in [5.74, 6) is 1.78. The minimum Gasteiger partial charge on any atom is -0.274 e. The van der Waals surface area contributed by atoms with Crippen LogP contribution in [0.15, 0.2) is 30.4 Å². The van der Waals surface area contributed by atoms with Gasteiger partial charge in [-0.25, -0.2) is 4.90 Å². The lowest BCUT2D eigenvalue weighted by Crippen LogP contribution is -2.40. The Labute approximate surface area is 130 Å². The molecular weight excluding hydrogens is 274 g/mol. The van der Waals surface area contributed by atoms with Crippen molar-refractivity contribution in [1.29, 1.82) is 0 Å². The van der Waals surface area contributed by atoms with Crippen molar-refractivity contribution >= 4 is 17.5 Å². The number of anilines is 1. The first-order valence-electron chi connectivity index (χ1n) is 8.22. The van der Waals surface area contributed by atoms with Crippen molar-refractivity contribution in [2.45, 2.75) is 20.3 Å². The highest BCUT2D eigenvalue weighted by molar-refractivity contribution is 6.23. The normalized spacial score (nSPS) is 40.9. The highest BCUT2D eigenvalue weighted by Gasteiger charge is 2.67. The third kappa shape index (κ3) is 1.33. The molecule has 0 spiro atoms. The predicted octanol–water partition coefficient (Wildman–Crippen LogP) is 2.86. The van der Waals surface area contributed by atoms with Crippen LogP contribution in [0.2, 0.25) is 0 Å². The molecule has 1 saturated heterocycles. The van der Waals surface area contributed by atoms with Crippen molar-refractivity contribution in [3.8, 4) is 0 Å². The average Bonchev–Trinajstić information content (AvgIpc) is 3.27. The molecular formula is C19H19NO2. The number of benzene rings is 1. The second kappa shape index (κ2) is 3.89. The van der Waals surface area contributed by atoms with E-state index in [2.05, 4.69) is 12.2 Å². The van der Waals surface area contributed by atoms with Gasteiger partial charge in [0, 0.05) is 0 Å². The number of hydrogen-bond donors (Lipinski definition) is 0.